The van der Waals surface area contributed by atoms with E-state index in [-0.39, 0.29) is 0 Å². The lowest BCUT2D eigenvalue weighted by Crippen LogP contribution is -2.23. The molecule has 0 aromatic heterocycles. The van der Waals surface area contributed by atoms with Gasteiger partial charge in [-0.25, -0.2) is 17.6 Å². The van der Waals surface area contributed by atoms with Gasteiger partial charge in [-0.2, -0.15) is 0 Å². The van der Waals surface area contributed by atoms with Gasteiger partial charge in [0.05, 0.1) is 6.67 Å². The van der Waals surface area contributed by atoms with Crippen molar-refractivity contribution in [3.8, 4) is 0 Å². The molecule has 0 spiro atoms. The van der Waals surface area contributed by atoms with Crippen molar-refractivity contribution in [3.05, 3.63) is 12.4 Å². The molecule has 6 heteroatoms. The molecule has 0 unspecified atom stereocenters. The first-order chi connectivity index (χ1) is 7.47. The van der Waals surface area contributed by atoms with Gasteiger partial charge in [0.25, 0.3) is 12.9 Å². The average molecular weight is 242 g/mol. The summed E-state index contributed by atoms with van der Waals surface area (Å²) in [6, 6.07) is 0. The molecule has 0 saturated heterocycles. The van der Waals surface area contributed by atoms with Crippen molar-refractivity contribution in [2.75, 3.05) is 20.3 Å². The van der Waals surface area contributed by atoms with E-state index in [1.165, 1.54) is 19.4 Å². The van der Waals surface area contributed by atoms with E-state index in [9.17, 15) is 17.6 Å². The second-order valence-corrected chi connectivity index (χ2v) is 3.53. The van der Waals surface area contributed by atoms with Gasteiger partial charge in [0.2, 0.25) is 0 Å². The van der Waals surface area contributed by atoms with E-state index in [4.69, 9.17) is 0 Å². The minimum atomic E-state index is -3.48. The highest BCUT2D eigenvalue weighted by atomic mass is 19.3. The highest BCUT2D eigenvalue weighted by Gasteiger charge is 2.15. The Balaban J connectivity index is 0.000000325. The van der Waals surface area contributed by atoms with Crippen LogP contribution in [-0.4, -0.2) is 42.9 Å². The molecule has 0 radical (unpaired) electrons. The van der Waals surface area contributed by atoms with Crippen molar-refractivity contribution in [2.45, 2.75) is 32.6 Å². The quantitative estimate of drug-likeness (QED) is 0.699. The number of nitrogens with zero attached hydrogens (tertiary/aromatic N) is 2. The van der Waals surface area contributed by atoms with Crippen molar-refractivity contribution in [2.24, 2.45) is 0 Å². The van der Waals surface area contributed by atoms with Crippen molar-refractivity contribution in [1.29, 1.82) is 0 Å². The van der Waals surface area contributed by atoms with Crippen LogP contribution >= 0.6 is 0 Å². The Morgan fingerprint density at radius 1 is 1.12 bits per heavy atom. The molecule has 0 bridgehead atoms. The number of hydrogen-bond acceptors (Lipinski definition) is 2. The largest absolute Gasteiger partial charge is 0.362 e. The van der Waals surface area contributed by atoms with Gasteiger partial charge in [0, 0.05) is 26.0 Å². The third-order valence-electron chi connectivity index (χ3n) is 1.93. The van der Waals surface area contributed by atoms with Gasteiger partial charge in [0.1, 0.15) is 0 Å². The van der Waals surface area contributed by atoms with Crippen LogP contribution in [0, 0.1) is 0 Å². The summed E-state index contributed by atoms with van der Waals surface area (Å²) < 4.78 is 41.6. The molecule has 0 amide bonds. The molecule has 0 N–H and O–H groups in total. The van der Waals surface area contributed by atoms with E-state index >= 15 is 0 Å². The van der Waals surface area contributed by atoms with Crippen molar-refractivity contribution < 1.29 is 17.6 Å². The Labute approximate surface area is 93.5 Å². The van der Waals surface area contributed by atoms with E-state index in [1.54, 1.807) is 0 Å². The summed E-state index contributed by atoms with van der Waals surface area (Å²) >= 11 is 0. The maximum absolute atomic E-state index is 10.4. The smallest absolute Gasteiger partial charge is 0.298 e. The zero-order chi connectivity index (χ0) is 12.6. The monoisotopic (exact) mass is 242 g/mol. The zero-order valence-electron chi connectivity index (χ0n) is 9.54. The molecule has 16 heavy (non-hydrogen) atoms. The van der Waals surface area contributed by atoms with Crippen LogP contribution in [-0.2, 0) is 0 Å². The van der Waals surface area contributed by atoms with Crippen LogP contribution in [0.3, 0.4) is 0 Å². The van der Waals surface area contributed by atoms with Crippen molar-refractivity contribution >= 4 is 0 Å². The highest BCUT2D eigenvalue weighted by molar-refractivity contribution is 4.88. The average Bonchev–Trinajstić information content (AvgIpc) is 2.62. The molecule has 0 saturated carbocycles. The fraction of sp³-hybridized carbons (Fsp3) is 0.800. The first kappa shape index (κ1) is 15.1. The minimum Gasteiger partial charge on any atom is -0.362 e. The maximum Gasteiger partial charge on any atom is 0.298 e. The third-order valence-corrected chi connectivity index (χ3v) is 1.93. The molecule has 0 atom stereocenters. The molecular weight excluding hydrogens is 224 g/mol. The first-order valence-corrected chi connectivity index (χ1v) is 5.16. The number of hydrogen-bond donors (Lipinski definition) is 0. The summed E-state index contributed by atoms with van der Waals surface area (Å²) in [6.07, 6.45) is -0.0904. The van der Waals surface area contributed by atoms with Crippen LogP contribution in [0.5, 0.6) is 0 Å². The number of halogens is 4. The lowest BCUT2D eigenvalue weighted by atomic mass is 10.3. The first-order valence-electron chi connectivity index (χ1n) is 5.16. The van der Waals surface area contributed by atoms with Crippen LogP contribution in [0.15, 0.2) is 12.4 Å². The van der Waals surface area contributed by atoms with Crippen molar-refractivity contribution in [3.63, 3.8) is 0 Å². The summed E-state index contributed by atoms with van der Waals surface area (Å²) in [4.78, 5) is 4.53. The molecule has 0 aromatic carbocycles. The predicted octanol–water partition coefficient (Wildman–Crippen LogP) is 2.98. The maximum atomic E-state index is 10.4. The standard InChI is InChI=1S/C8H16N2.C2H2F4/c1-3-4-5-10-7-6-9(2)8-10;3-1(4)2(5)6/h6-7H,3-5,8H2,1-2H3;1-2H. The molecule has 1 aliphatic heterocycles. The van der Waals surface area contributed by atoms with Crippen LogP contribution in [0.1, 0.15) is 19.8 Å². The van der Waals surface area contributed by atoms with Crippen LogP contribution in [0.2, 0.25) is 0 Å². The summed E-state index contributed by atoms with van der Waals surface area (Å²) in [5.74, 6) is 0. The Bertz CT molecular complexity index is 191. The van der Waals surface area contributed by atoms with E-state index in [0.717, 1.165) is 6.67 Å². The van der Waals surface area contributed by atoms with Crippen LogP contribution in [0.25, 0.3) is 0 Å². The summed E-state index contributed by atoms with van der Waals surface area (Å²) in [7, 11) is 2.10. The summed E-state index contributed by atoms with van der Waals surface area (Å²) in [5.41, 5.74) is 0. The molecule has 0 aliphatic carbocycles. The molecular formula is C10H18F4N2. The van der Waals surface area contributed by atoms with Gasteiger partial charge < -0.3 is 9.80 Å². The fourth-order valence-corrected chi connectivity index (χ4v) is 1.10. The lowest BCUT2D eigenvalue weighted by Gasteiger charge is -2.17. The molecule has 2 nitrogen and oxygen atoms in total. The second-order valence-electron chi connectivity index (χ2n) is 3.53. The van der Waals surface area contributed by atoms with Gasteiger partial charge in [-0.05, 0) is 6.42 Å². The second kappa shape index (κ2) is 8.24. The number of unbranched alkanes of at least 4 members (excludes halogenated alkanes) is 1. The Kier molecular flexibility index (Phi) is 7.76. The van der Waals surface area contributed by atoms with E-state index in [0.29, 0.717) is 0 Å². The number of alkyl halides is 4. The molecule has 1 rings (SSSR count). The van der Waals surface area contributed by atoms with Gasteiger partial charge in [0.15, 0.2) is 0 Å². The molecule has 1 heterocycles. The van der Waals surface area contributed by atoms with E-state index in [1.807, 2.05) is 0 Å². The molecule has 1 aliphatic rings. The molecule has 0 aromatic rings. The Morgan fingerprint density at radius 2 is 1.69 bits per heavy atom. The topological polar surface area (TPSA) is 6.48 Å². The van der Waals surface area contributed by atoms with Gasteiger partial charge in [-0.15, -0.1) is 0 Å². The van der Waals surface area contributed by atoms with Crippen LogP contribution in [0.4, 0.5) is 17.6 Å². The van der Waals surface area contributed by atoms with Gasteiger partial charge in [-0.1, -0.05) is 13.3 Å². The fourth-order valence-electron chi connectivity index (χ4n) is 1.10. The van der Waals surface area contributed by atoms with E-state index < -0.39 is 12.9 Å². The van der Waals surface area contributed by atoms with Gasteiger partial charge in [-0.3, -0.25) is 0 Å². The number of rotatable bonds is 4. The summed E-state index contributed by atoms with van der Waals surface area (Å²) in [5, 5.41) is 0. The molecule has 0 fully saturated rings. The Hall–Kier alpha value is -0.940. The predicted molar refractivity (Wildman–Crippen MR) is 55.4 cm³/mol. The molecule has 96 valence electrons. The minimum absolute atomic E-state index is 1.07. The van der Waals surface area contributed by atoms with E-state index in [2.05, 4.69) is 36.2 Å². The SMILES string of the molecule is CCCCN1C=CN(C)C1.FC(F)C(F)F. The van der Waals surface area contributed by atoms with Crippen molar-refractivity contribution in [1.82, 2.24) is 9.80 Å². The third kappa shape index (κ3) is 7.36. The van der Waals surface area contributed by atoms with Crippen LogP contribution < -0.4 is 0 Å². The normalized spacial score (nSPS) is 14.8. The summed E-state index contributed by atoms with van der Waals surface area (Å²) in [6.45, 7) is 4.50. The highest BCUT2D eigenvalue weighted by Crippen LogP contribution is 2.05. The Morgan fingerprint density at radius 3 is 2.00 bits per heavy atom. The van der Waals surface area contributed by atoms with Gasteiger partial charge >= 0.3 is 0 Å². The zero-order valence-corrected chi connectivity index (χ0v) is 9.54. The lowest BCUT2D eigenvalue weighted by molar-refractivity contribution is -0.0278.